The lowest BCUT2D eigenvalue weighted by Crippen LogP contribution is -2.31. The van der Waals surface area contributed by atoms with E-state index in [1.165, 1.54) is 5.56 Å². The molecule has 4 rings (SSSR count). The molecule has 5 nitrogen and oxygen atoms in total. The number of aromatic amines is 1. The summed E-state index contributed by atoms with van der Waals surface area (Å²) in [5.41, 5.74) is 3.66. The number of fused-ring (bicyclic) bond motifs is 1. The van der Waals surface area contributed by atoms with Gasteiger partial charge in [0.1, 0.15) is 5.75 Å². The van der Waals surface area contributed by atoms with E-state index in [1.807, 2.05) is 32.0 Å². The molecule has 150 valence electrons. The van der Waals surface area contributed by atoms with Crippen LogP contribution in [0.1, 0.15) is 48.1 Å². The second kappa shape index (κ2) is 9.41. The molecule has 0 bridgehead atoms. The van der Waals surface area contributed by atoms with E-state index in [1.54, 1.807) is 0 Å². The predicted octanol–water partition coefficient (Wildman–Crippen LogP) is 4.18. The first-order valence-electron chi connectivity index (χ1n) is 9.83. The van der Waals surface area contributed by atoms with Crippen LogP contribution in [0.5, 0.6) is 5.75 Å². The first-order valence-corrected chi connectivity index (χ1v) is 10.6. The lowest BCUT2D eigenvalue weighted by Gasteiger charge is -2.11. The van der Waals surface area contributed by atoms with E-state index in [2.05, 4.69) is 32.3 Å². The van der Waals surface area contributed by atoms with Crippen molar-refractivity contribution in [3.63, 3.8) is 0 Å². The number of carbonyl (C=O) groups is 1. The zero-order valence-electron chi connectivity index (χ0n) is 16.4. The summed E-state index contributed by atoms with van der Waals surface area (Å²) in [6.07, 6.45) is 5.30. The van der Waals surface area contributed by atoms with E-state index in [0.29, 0.717) is 12.1 Å². The Kier molecular flexibility index (Phi) is 6.94. The molecule has 0 radical (unpaired) electrons. The number of benzene rings is 1. The molecule has 28 heavy (non-hydrogen) atoms. The molecule has 1 aromatic heterocycles. The molecule has 0 unspecified atom stereocenters. The molecule has 2 aromatic rings. The Balaban J connectivity index is 0.000000188. The number of amides is 1. The van der Waals surface area contributed by atoms with Gasteiger partial charge in [-0.3, -0.25) is 9.59 Å². The highest BCUT2D eigenvalue weighted by Gasteiger charge is 2.22. The van der Waals surface area contributed by atoms with Gasteiger partial charge < -0.3 is 15.0 Å². The maximum Gasteiger partial charge on any atom is 0.253 e. The number of ether oxygens (including phenoxy) is 1. The van der Waals surface area contributed by atoms with Gasteiger partial charge in [-0.1, -0.05) is 25.0 Å². The van der Waals surface area contributed by atoms with Crippen LogP contribution in [0.25, 0.3) is 0 Å². The fourth-order valence-corrected chi connectivity index (χ4v) is 4.31. The Morgan fingerprint density at radius 1 is 1.29 bits per heavy atom. The van der Waals surface area contributed by atoms with Crippen LogP contribution in [-0.2, 0) is 17.8 Å². The molecule has 0 saturated heterocycles. The molecule has 6 heteroatoms. The molecule has 1 aliphatic carbocycles. The van der Waals surface area contributed by atoms with Gasteiger partial charge in [0.2, 0.25) is 5.91 Å². The SMILES string of the molecule is Brc1cccc2c1OCC2.Cc1cc(C)c(CNC(=O)C2CCCC2)c(=O)[nH]1. The Labute approximate surface area is 174 Å². The van der Waals surface area contributed by atoms with E-state index < -0.39 is 0 Å². The van der Waals surface area contributed by atoms with Crippen LogP contribution >= 0.6 is 15.9 Å². The third-order valence-corrected chi connectivity index (χ3v) is 5.95. The van der Waals surface area contributed by atoms with E-state index in [0.717, 1.165) is 60.2 Å². The van der Waals surface area contributed by atoms with Gasteiger partial charge in [-0.05, 0) is 65.9 Å². The van der Waals surface area contributed by atoms with Crippen molar-refractivity contribution in [2.45, 2.75) is 52.5 Å². The van der Waals surface area contributed by atoms with Crippen molar-refractivity contribution in [2.75, 3.05) is 6.61 Å². The standard InChI is InChI=1S/C14H20N2O2.C8H7BrO/c1-9-7-10(2)16-14(18)12(9)8-15-13(17)11-5-3-4-6-11;9-7-3-1-2-6-4-5-10-8(6)7/h7,11H,3-6,8H2,1-2H3,(H,15,17)(H,16,18);1-3H,4-5H2. The molecule has 1 saturated carbocycles. The highest BCUT2D eigenvalue weighted by molar-refractivity contribution is 9.10. The number of nitrogens with one attached hydrogen (secondary N) is 2. The zero-order valence-corrected chi connectivity index (χ0v) is 18.0. The minimum absolute atomic E-state index is 0.0897. The Bertz CT molecular complexity index is 901. The fourth-order valence-electron chi connectivity index (χ4n) is 3.78. The summed E-state index contributed by atoms with van der Waals surface area (Å²) in [4.78, 5) is 26.4. The van der Waals surface area contributed by atoms with Crippen LogP contribution in [0.3, 0.4) is 0 Å². The first-order chi connectivity index (χ1) is 13.5. The minimum Gasteiger partial charge on any atom is -0.492 e. The molecule has 1 amide bonds. The zero-order chi connectivity index (χ0) is 20.1. The third kappa shape index (κ3) is 5.04. The maximum atomic E-state index is 11.9. The number of para-hydroxylation sites is 1. The normalized spacial score (nSPS) is 15.4. The number of halogens is 1. The fraction of sp³-hybridized carbons (Fsp3) is 0.455. The summed E-state index contributed by atoms with van der Waals surface area (Å²) in [5, 5.41) is 2.88. The summed E-state index contributed by atoms with van der Waals surface area (Å²) in [6, 6.07) is 8.08. The van der Waals surface area contributed by atoms with Gasteiger partial charge in [-0.2, -0.15) is 0 Å². The van der Waals surface area contributed by atoms with E-state index in [4.69, 9.17) is 4.74 Å². The Morgan fingerprint density at radius 2 is 2.04 bits per heavy atom. The lowest BCUT2D eigenvalue weighted by atomic mass is 10.1. The summed E-state index contributed by atoms with van der Waals surface area (Å²) < 4.78 is 6.45. The molecule has 2 heterocycles. The van der Waals surface area contributed by atoms with Crippen molar-refractivity contribution in [1.82, 2.24) is 10.3 Å². The summed E-state index contributed by atoms with van der Waals surface area (Å²) in [5.74, 6) is 1.27. The van der Waals surface area contributed by atoms with Crippen LogP contribution in [0.15, 0.2) is 33.5 Å². The molecule has 2 N–H and O–H groups in total. The highest BCUT2D eigenvalue weighted by atomic mass is 79.9. The molecule has 1 aromatic carbocycles. The van der Waals surface area contributed by atoms with Crippen LogP contribution in [0.4, 0.5) is 0 Å². The smallest absolute Gasteiger partial charge is 0.253 e. The molecular weight excluding hydrogens is 420 g/mol. The highest BCUT2D eigenvalue weighted by Crippen LogP contribution is 2.32. The number of hydrogen-bond acceptors (Lipinski definition) is 3. The van der Waals surface area contributed by atoms with Crippen LogP contribution in [0, 0.1) is 19.8 Å². The van der Waals surface area contributed by atoms with Crippen molar-refractivity contribution < 1.29 is 9.53 Å². The van der Waals surface area contributed by atoms with Crippen LogP contribution in [0.2, 0.25) is 0 Å². The molecule has 0 atom stereocenters. The first kappa shape index (κ1) is 20.6. The number of aryl methyl sites for hydroxylation is 2. The van der Waals surface area contributed by atoms with Crippen molar-refractivity contribution >= 4 is 21.8 Å². The third-order valence-electron chi connectivity index (χ3n) is 5.33. The van der Waals surface area contributed by atoms with Gasteiger partial charge in [-0.15, -0.1) is 0 Å². The average molecular weight is 447 g/mol. The molecule has 1 fully saturated rings. The van der Waals surface area contributed by atoms with Crippen molar-refractivity contribution in [1.29, 1.82) is 0 Å². The van der Waals surface area contributed by atoms with Gasteiger partial charge in [-0.25, -0.2) is 0 Å². The number of aromatic nitrogens is 1. The number of rotatable bonds is 3. The van der Waals surface area contributed by atoms with Crippen molar-refractivity contribution in [2.24, 2.45) is 5.92 Å². The topological polar surface area (TPSA) is 71.2 Å². The largest absolute Gasteiger partial charge is 0.492 e. The molecular formula is C22H27BrN2O3. The molecule has 0 spiro atoms. The second-order valence-electron chi connectivity index (χ2n) is 7.47. The summed E-state index contributed by atoms with van der Waals surface area (Å²) in [7, 11) is 0. The maximum absolute atomic E-state index is 11.9. The Morgan fingerprint density at radius 3 is 2.71 bits per heavy atom. The van der Waals surface area contributed by atoms with Gasteiger partial charge in [0.05, 0.1) is 11.1 Å². The lowest BCUT2D eigenvalue weighted by molar-refractivity contribution is -0.124. The van der Waals surface area contributed by atoms with Crippen LogP contribution in [-0.4, -0.2) is 17.5 Å². The Hall–Kier alpha value is -2.08. The van der Waals surface area contributed by atoms with Gasteiger partial charge in [0, 0.05) is 30.1 Å². The quantitative estimate of drug-likeness (QED) is 0.742. The monoisotopic (exact) mass is 446 g/mol. The van der Waals surface area contributed by atoms with Crippen molar-refractivity contribution in [3.8, 4) is 5.75 Å². The average Bonchev–Trinajstić information content (AvgIpc) is 3.34. The second-order valence-corrected chi connectivity index (χ2v) is 8.32. The molecule has 2 aliphatic rings. The number of H-pyrrole nitrogens is 1. The predicted molar refractivity (Wildman–Crippen MR) is 114 cm³/mol. The summed E-state index contributed by atoms with van der Waals surface area (Å²) >= 11 is 3.42. The van der Waals surface area contributed by atoms with Crippen molar-refractivity contribution in [3.05, 3.63) is 61.5 Å². The minimum atomic E-state index is -0.0979. The van der Waals surface area contributed by atoms with E-state index in [9.17, 15) is 9.59 Å². The van der Waals surface area contributed by atoms with Gasteiger partial charge in [0.25, 0.3) is 5.56 Å². The van der Waals surface area contributed by atoms with Gasteiger partial charge >= 0.3 is 0 Å². The number of carbonyl (C=O) groups excluding carboxylic acids is 1. The summed E-state index contributed by atoms with van der Waals surface area (Å²) in [6.45, 7) is 4.92. The number of pyridine rings is 1. The van der Waals surface area contributed by atoms with Crippen LogP contribution < -0.4 is 15.6 Å². The number of hydrogen-bond donors (Lipinski definition) is 2. The van der Waals surface area contributed by atoms with E-state index >= 15 is 0 Å². The molecule has 1 aliphatic heterocycles. The van der Waals surface area contributed by atoms with Gasteiger partial charge in [0.15, 0.2) is 0 Å². The van der Waals surface area contributed by atoms with E-state index in [-0.39, 0.29) is 17.4 Å².